The quantitative estimate of drug-likeness (QED) is 0.340. The molecule has 0 spiro atoms. The highest BCUT2D eigenvalue weighted by atomic mass is 16.6. The highest BCUT2D eigenvalue weighted by Gasteiger charge is 2.29. The lowest BCUT2D eigenvalue weighted by Gasteiger charge is -2.27. The molecule has 3 rings (SSSR count). The number of rotatable bonds is 12. The molecule has 2 aromatic rings. The molecule has 8 heteroatoms. The highest BCUT2D eigenvalue weighted by molar-refractivity contribution is 6.02. The van der Waals surface area contributed by atoms with E-state index in [1.807, 2.05) is 24.3 Å². The molecular weight excluding hydrogens is 440 g/mol. The van der Waals surface area contributed by atoms with Gasteiger partial charge < -0.3 is 28.4 Å². The minimum atomic E-state index is -0.943. The zero-order chi connectivity index (χ0) is 24.7. The summed E-state index contributed by atoms with van der Waals surface area (Å²) in [5.74, 6) is 1.02. The molecule has 8 nitrogen and oxygen atoms in total. The Labute approximate surface area is 200 Å². The van der Waals surface area contributed by atoms with Gasteiger partial charge in [-0.05, 0) is 43.5 Å². The van der Waals surface area contributed by atoms with E-state index in [4.69, 9.17) is 28.4 Å². The predicted octanol–water partition coefficient (Wildman–Crippen LogP) is 3.86. The molecule has 0 atom stereocenters. The predicted molar refractivity (Wildman–Crippen MR) is 126 cm³/mol. The molecule has 1 aliphatic rings. The summed E-state index contributed by atoms with van der Waals surface area (Å²) in [7, 11) is 4.65. The summed E-state index contributed by atoms with van der Waals surface area (Å²) in [6.07, 6.45) is 1.16. The van der Waals surface area contributed by atoms with Crippen LogP contribution in [-0.4, -0.2) is 65.1 Å². The molecule has 0 bridgehead atoms. The zero-order valence-electron chi connectivity index (χ0n) is 20.4. The van der Waals surface area contributed by atoms with E-state index in [1.165, 1.54) is 7.11 Å². The lowest BCUT2D eigenvalue weighted by Crippen LogP contribution is -2.36. The van der Waals surface area contributed by atoms with Crippen molar-refractivity contribution in [1.29, 1.82) is 0 Å². The van der Waals surface area contributed by atoms with Gasteiger partial charge in [-0.15, -0.1) is 0 Å². The van der Waals surface area contributed by atoms with Crippen LogP contribution in [-0.2, 0) is 25.4 Å². The summed E-state index contributed by atoms with van der Waals surface area (Å²) in [5, 5.41) is 0. The first-order chi connectivity index (χ1) is 16.3. The van der Waals surface area contributed by atoms with Gasteiger partial charge in [-0.1, -0.05) is 18.2 Å². The number of ketones is 1. The van der Waals surface area contributed by atoms with Crippen LogP contribution in [0.1, 0.15) is 36.2 Å². The van der Waals surface area contributed by atoms with Crippen LogP contribution >= 0.6 is 0 Å². The minimum absolute atomic E-state index is 0.0568. The highest BCUT2D eigenvalue weighted by Crippen LogP contribution is 2.46. The smallest absolute Gasteiger partial charge is 0.332 e. The number of fused-ring (bicyclic) bond motifs is 1. The fourth-order valence-corrected chi connectivity index (χ4v) is 3.91. The lowest BCUT2D eigenvalue weighted by molar-refractivity contribution is -0.164. The molecule has 0 saturated carbocycles. The number of hydrogen-bond donors (Lipinski definition) is 0. The molecule has 0 amide bonds. The molecule has 0 fully saturated rings. The van der Waals surface area contributed by atoms with Crippen LogP contribution in [0.2, 0.25) is 0 Å². The molecule has 0 aliphatic heterocycles. The Bertz CT molecular complexity index is 1030. The van der Waals surface area contributed by atoms with Crippen molar-refractivity contribution >= 4 is 11.8 Å². The third-order valence-corrected chi connectivity index (χ3v) is 5.47. The maximum absolute atomic E-state index is 12.3. The van der Waals surface area contributed by atoms with Gasteiger partial charge in [0.25, 0.3) is 0 Å². The van der Waals surface area contributed by atoms with E-state index < -0.39 is 11.6 Å². The minimum Gasteiger partial charge on any atom is -0.493 e. The maximum atomic E-state index is 12.3. The number of esters is 1. The molecule has 0 aromatic heterocycles. The molecule has 1 aliphatic carbocycles. The normalized spacial score (nSPS) is 12.9. The van der Waals surface area contributed by atoms with Gasteiger partial charge in [0, 0.05) is 24.7 Å². The van der Waals surface area contributed by atoms with Crippen molar-refractivity contribution in [2.75, 3.05) is 47.8 Å². The van der Waals surface area contributed by atoms with Gasteiger partial charge in [-0.3, -0.25) is 4.79 Å². The molecule has 2 aromatic carbocycles. The van der Waals surface area contributed by atoms with E-state index in [-0.39, 0.29) is 19.0 Å². The van der Waals surface area contributed by atoms with Gasteiger partial charge in [0.1, 0.15) is 18.8 Å². The SMILES string of the molecule is COCCOCC(=O)OC(C)(C)COc1c(-c2cccc3c2CCC3=O)ccc(OC)c1OC. The van der Waals surface area contributed by atoms with Crippen LogP contribution < -0.4 is 14.2 Å². The van der Waals surface area contributed by atoms with Gasteiger partial charge in [-0.25, -0.2) is 4.79 Å². The van der Waals surface area contributed by atoms with Gasteiger partial charge in [0.05, 0.1) is 27.4 Å². The van der Waals surface area contributed by atoms with Crippen molar-refractivity contribution in [2.45, 2.75) is 32.3 Å². The number of benzene rings is 2. The number of carbonyl (C=O) groups is 2. The van der Waals surface area contributed by atoms with Gasteiger partial charge >= 0.3 is 5.97 Å². The Balaban J connectivity index is 1.86. The second-order valence-corrected chi connectivity index (χ2v) is 8.50. The Morgan fingerprint density at radius 3 is 2.38 bits per heavy atom. The van der Waals surface area contributed by atoms with Crippen LogP contribution in [0.25, 0.3) is 11.1 Å². The topological polar surface area (TPSA) is 89.5 Å². The van der Waals surface area contributed by atoms with E-state index in [0.717, 1.165) is 22.3 Å². The first-order valence-corrected chi connectivity index (χ1v) is 11.1. The molecular formula is C26H32O8. The summed E-state index contributed by atoms with van der Waals surface area (Å²) >= 11 is 0. The van der Waals surface area contributed by atoms with Gasteiger partial charge in [0.15, 0.2) is 17.3 Å². The summed E-state index contributed by atoms with van der Waals surface area (Å²) < 4.78 is 33.0. The van der Waals surface area contributed by atoms with Crippen molar-refractivity contribution in [2.24, 2.45) is 0 Å². The Hall–Kier alpha value is -3.10. The molecule has 0 saturated heterocycles. The zero-order valence-corrected chi connectivity index (χ0v) is 20.4. The molecule has 0 N–H and O–H groups in total. The number of hydrogen-bond acceptors (Lipinski definition) is 8. The van der Waals surface area contributed by atoms with E-state index in [2.05, 4.69) is 0 Å². The van der Waals surface area contributed by atoms with E-state index in [1.54, 1.807) is 34.1 Å². The first-order valence-electron chi connectivity index (χ1n) is 11.1. The van der Waals surface area contributed by atoms with Gasteiger partial charge in [-0.2, -0.15) is 0 Å². The second-order valence-electron chi connectivity index (χ2n) is 8.50. The standard InChI is InChI=1S/C26H32O8/c1-26(2,34-23(28)15-32-14-13-29-3)16-33-24-20(10-12-22(30-4)25(24)31-5)17-7-6-8-19-18(17)9-11-21(19)27/h6-8,10,12H,9,11,13-16H2,1-5H3. The van der Waals surface area contributed by atoms with Crippen LogP contribution in [0.4, 0.5) is 0 Å². The van der Waals surface area contributed by atoms with Crippen molar-refractivity contribution in [1.82, 2.24) is 0 Å². The lowest BCUT2D eigenvalue weighted by atomic mass is 9.95. The van der Waals surface area contributed by atoms with Crippen LogP contribution in [0.5, 0.6) is 17.2 Å². The monoisotopic (exact) mass is 472 g/mol. The van der Waals surface area contributed by atoms with Crippen LogP contribution in [0, 0.1) is 0 Å². The molecule has 34 heavy (non-hydrogen) atoms. The van der Waals surface area contributed by atoms with E-state index >= 15 is 0 Å². The number of ether oxygens (including phenoxy) is 6. The maximum Gasteiger partial charge on any atom is 0.332 e. The molecule has 0 unspecified atom stereocenters. The van der Waals surface area contributed by atoms with Gasteiger partial charge in [0.2, 0.25) is 5.75 Å². The van der Waals surface area contributed by atoms with Crippen molar-refractivity contribution in [3.05, 3.63) is 41.5 Å². The Kier molecular flexibility index (Phi) is 8.52. The van der Waals surface area contributed by atoms with Crippen molar-refractivity contribution < 1.29 is 38.0 Å². The largest absolute Gasteiger partial charge is 0.493 e. The molecule has 0 radical (unpaired) electrons. The third kappa shape index (κ3) is 5.87. The fourth-order valence-electron chi connectivity index (χ4n) is 3.91. The third-order valence-electron chi connectivity index (χ3n) is 5.47. The average molecular weight is 473 g/mol. The Morgan fingerprint density at radius 2 is 1.68 bits per heavy atom. The van der Waals surface area contributed by atoms with Crippen LogP contribution in [0.15, 0.2) is 30.3 Å². The summed E-state index contributed by atoms with van der Waals surface area (Å²) in [6, 6.07) is 9.38. The van der Waals surface area contributed by atoms with Crippen molar-refractivity contribution in [3.63, 3.8) is 0 Å². The number of carbonyl (C=O) groups excluding carboxylic acids is 2. The summed E-state index contributed by atoms with van der Waals surface area (Å²) in [4.78, 5) is 24.5. The second kappa shape index (κ2) is 11.4. The van der Waals surface area contributed by atoms with Crippen molar-refractivity contribution in [3.8, 4) is 28.4 Å². The molecule has 184 valence electrons. The molecule has 0 heterocycles. The number of Topliss-reactive ketones (excluding diaryl/α,β-unsaturated/α-hetero) is 1. The van der Waals surface area contributed by atoms with E-state index in [0.29, 0.717) is 43.3 Å². The summed E-state index contributed by atoms with van der Waals surface area (Å²) in [5.41, 5.74) is 2.46. The van der Waals surface area contributed by atoms with Crippen LogP contribution in [0.3, 0.4) is 0 Å². The number of methoxy groups -OCH3 is 3. The summed E-state index contributed by atoms with van der Waals surface area (Å²) in [6.45, 7) is 4.09. The first kappa shape index (κ1) is 25.5. The average Bonchev–Trinajstić information content (AvgIpc) is 3.20. The fraction of sp³-hybridized carbons (Fsp3) is 0.462. The van der Waals surface area contributed by atoms with E-state index in [9.17, 15) is 9.59 Å². The Morgan fingerprint density at radius 1 is 0.912 bits per heavy atom.